The summed E-state index contributed by atoms with van der Waals surface area (Å²) in [6.45, 7) is 4.66. The van der Waals surface area contributed by atoms with Crippen molar-refractivity contribution >= 4 is 34.2 Å². The average molecular weight is 380 g/mol. The molecule has 0 aromatic heterocycles. The summed E-state index contributed by atoms with van der Waals surface area (Å²) in [7, 11) is 0. The van der Waals surface area contributed by atoms with Gasteiger partial charge in [0, 0.05) is 29.0 Å². The van der Waals surface area contributed by atoms with Crippen LogP contribution >= 0.6 is 28.3 Å². The highest BCUT2D eigenvalue weighted by Gasteiger charge is 2.25. The Morgan fingerprint density at radius 1 is 1.43 bits per heavy atom. The summed E-state index contributed by atoms with van der Waals surface area (Å²) in [6.07, 6.45) is 1.74. The maximum atomic E-state index is 13.8. The van der Waals surface area contributed by atoms with Crippen LogP contribution in [0.2, 0.25) is 0 Å². The number of piperidine rings is 1. The summed E-state index contributed by atoms with van der Waals surface area (Å²) in [5.41, 5.74) is 0.559. The Kier molecular flexibility index (Phi) is 7.63. The second-order valence-electron chi connectivity index (χ2n) is 5.11. The van der Waals surface area contributed by atoms with Gasteiger partial charge in [-0.15, -0.1) is 12.4 Å². The number of carbonyl (C=O) groups excluding carboxylic acids is 1. The lowest BCUT2D eigenvalue weighted by Gasteiger charge is -2.29. The monoisotopic (exact) mass is 378 g/mol. The van der Waals surface area contributed by atoms with Gasteiger partial charge in [-0.1, -0.05) is 15.9 Å². The normalized spacial score (nSPS) is 15.4. The standard InChI is InChI=1S/C15H20BrFN2O.ClH/c1-2-19(15(20)11-5-7-18-8-6-11)10-12-9-13(16)3-4-14(12)17;/h3-4,9,11,18H,2,5-8,10H2,1H3;1H. The Hall–Kier alpha value is -0.650. The van der Waals surface area contributed by atoms with Crippen LogP contribution in [-0.4, -0.2) is 30.4 Å². The zero-order valence-electron chi connectivity index (χ0n) is 12.1. The van der Waals surface area contributed by atoms with Crippen molar-refractivity contribution in [1.82, 2.24) is 10.2 Å². The zero-order valence-corrected chi connectivity index (χ0v) is 14.5. The van der Waals surface area contributed by atoms with E-state index in [4.69, 9.17) is 0 Å². The number of nitrogens with one attached hydrogen (secondary N) is 1. The van der Waals surface area contributed by atoms with Gasteiger partial charge in [-0.25, -0.2) is 4.39 Å². The Morgan fingerprint density at radius 3 is 2.71 bits per heavy atom. The molecule has 1 saturated heterocycles. The molecule has 118 valence electrons. The molecule has 1 N–H and O–H groups in total. The Balaban J connectivity index is 0.00000220. The van der Waals surface area contributed by atoms with E-state index in [-0.39, 0.29) is 30.0 Å². The van der Waals surface area contributed by atoms with E-state index in [1.807, 2.05) is 6.92 Å². The first kappa shape index (κ1) is 18.4. The van der Waals surface area contributed by atoms with Gasteiger partial charge in [0.1, 0.15) is 5.82 Å². The van der Waals surface area contributed by atoms with Gasteiger partial charge in [0.25, 0.3) is 0 Å². The van der Waals surface area contributed by atoms with Gasteiger partial charge in [0.15, 0.2) is 0 Å². The Morgan fingerprint density at radius 2 is 2.10 bits per heavy atom. The van der Waals surface area contributed by atoms with Gasteiger partial charge in [0.05, 0.1) is 0 Å². The van der Waals surface area contributed by atoms with Gasteiger partial charge in [-0.05, 0) is 51.1 Å². The second kappa shape index (κ2) is 8.71. The quantitative estimate of drug-likeness (QED) is 0.870. The van der Waals surface area contributed by atoms with Crippen LogP contribution in [0.4, 0.5) is 4.39 Å². The Labute approximate surface area is 139 Å². The summed E-state index contributed by atoms with van der Waals surface area (Å²) in [6, 6.07) is 4.85. The van der Waals surface area contributed by atoms with Crippen LogP contribution < -0.4 is 5.32 Å². The molecule has 0 bridgehead atoms. The molecule has 1 aliphatic heterocycles. The van der Waals surface area contributed by atoms with Gasteiger partial charge in [-0.3, -0.25) is 4.79 Å². The molecule has 2 rings (SSSR count). The topological polar surface area (TPSA) is 32.3 Å². The third-order valence-electron chi connectivity index (χ3n) is 3.75. The SMILES string of the molecule is CCN(Cc1cc(Br)ccc1F)C(=O)C1CCNCC1.Cl. The molecule has 0 saturated carbocycles. The molecule has 1 heterocycles. The molecule has 21 heavy (non-hydrogen) atoms. The van der Waals surface area contributed by atoms with Crippen LogP contribution in [0.25, 0.3) is 0 Å². The maximum absolute atomic E-state index is 13.8. The minimum Gasteiger partial charge on any atom is -0.338 e. The van der Waals surface area contributed by atoms with Crippen LogP contribution in [0.3, 0.4) is 0 Å². The summed E-state index contributed by atoms with van der Waals surface area (Å²) in [4.78, 5) is 14.2. The van der Waals surface area contributed by atoms with Gasteiger partial charge >= 0.3 is 0 Å². The molecule has 0 aliphatic carbocycles. The van der Waals surface area contributed by atoms with Crippen LogP contribution in [0.1, 0.15) is 25.3 Å². The van der Waals surface area contributed by atoms with E-state index in [1.54, 1.807) is 17.0 Å². The van der Waals surface area contributed by atoms with E-state index >= 15 is 0 Å². The number of halogens is 3. The molecule has 0 unspecified atom stereocenters. The molecule has 6 heteroatoms. The maximum Gasteiger partial charge on any atom is 0.226 e. The number of hydrogen-bond acceptors (Lipinski definition) is 2. The molecular weight excluding hydrogens is 359 g/mol. The second-order valence-corrected chi connectivity index (χ2v) is 6.03. The molecule has 1 amide bonds. The zero-order chi connectivity index (χ0) is 14.5. The van der Waals surface area contributed by atoms with Gasteiger partial charge in [0.2, 0.25) is 5.91 Å². The summed E-state index contributed by atoms with van der Waals surface area (Å²) in [5.74, 6) is -0.0375. The smallest absolute Gasteiger partial charge is 0.226 e. The number of nitrogens with zero attached hydrogens (tertiary/aromatic N) is 1. The molecule has 1 aromatic carbocycles. The lowest BCUT2D eigenvalue weighted by molar-refractivity contribution is -0.136. The van der Waals surface area contributed by atoms with Crippen molar-refractivity contribution in [3.63, 3.8) is 0 Å². The lowest BCUT2D eigenvalue weighted by Crippen LogP contribution is -2.40. The van der Waals surface area contributed by atoms with E-state index in [2.05, 4.69) is 21.2 Å². The van der Waals surface area contributed by atoms with Crippen molar-refractivity contribution < 1.29 is 9.18 Å². The average Bonchev–Trinajstić information content (AvgIpc) is 2.48. The predicted octanol–water partition coefficient (Wildman–Crippen LogP) is 3.36. The number of amides is 1. The van der Waals surface area contributed by atoms with E-state index in [1.165, 1.54) is 6.07 Å². The molecule has 1 fully saturated rings. The minimum absolute atomic E-state index is 0. The molecular formula is C15H21BrClFN2O. The molecule has 1 aromatic rings. The fraction of sp³-hybridized carbons (Fsp3) is 0.533. The largest absolute Gasteiger partial charge is 0.338 e. The highest BCUT2D eigenvalue weighted by atomic mass is 79.9. The molecule has 0 radical (unpaired) electrons. The van der Waals surface area contributed by atoms with Crippen molar-refractivity contribution in [1.29, 1.82) is 0 Å². The number of rotatable bonds is 4. The minimum atomic E-state index is -0.259. The van der Waals surface area contributed by atoms with Crippen molar-refractivity contribution in [2.75, 3.05) is 19.6 Å². The number of carbonyl (C=O) groups is 1. The van der Waals surface area contributed by atoms with Crippen LogP contribution in [0, 0.1) is 11.7 Å². The van der Waals surface area contributed by atoms with Crippen molar-refractivity contribution in [2.24, 2.45) is 5.92 Å². The first-order chi connectivity index (χ1) is 9.61. The fourth-order valence-corrected chi connectivity index (χ4v) is 2.95. The first-order valence-electron chi connectivity index (χ1n) is 7.05. The van der Waals surface area contributed by atoms with Crippen molar-refractivity contribution in [2.45, 2.75) is 26.3 Å². The van der Waals surface area contributed by atoms with E-state index in [9.17, 15) is 9.18 Å². The van der Waals surface area contributed by atoms with E-state index < -0.39 is 0 Å². The lowest BCUT2D eigenvalue weighted by atomic mass is 9.96. The summed E-state index contributed by atoms with van der Waals surface area (Å²) in [5, 5.41) is 3.26. The number of hydrogen-bond donors (Lipinski definition) is 1. The van der Waals surface area contributed by atoms with Crippen LogP contribution in [-0.2, 0) is 11.3 Å². The highest BCUT2D eigenvalue weighted by molar-refractivity contribution is 9.10. The van der Waals surface area contributed by atoms with E-state index in [0.717, 1.165) is 30.4 Å². The Bertz CT molecular complexity index is 481. The van der Waals surface area contributed by atoms with Crippen molar-refractivity contribution in [3.05, 3.63) is 34.1 Å². The molecule has 1 aliphatic rings. The van der Waals surface area contributed by atoms with Crippen molar-refractivity contribution in [3.8, 4) is 0 Å². The fourth-order valence-electron chi connectivity index (χ4n) is 2.54. The third-order valence-corrected chi connectivity index (χ3v) is 4.24. The predicted molar refractivity (Wildman–Crippen MR) is 88.0 cm³/mol. The van der Waals surface area contributed by atoms with Crippen LogP contribution in [0.5, 0.6) is 0 Å². The van der Waals surface area contributed by atoms with Gasteiger partial charge < -0.3 is 10.2 Å². The van der Waals surface area contributed by atoms with Crippen LogP contribution in [0.15, 0.2) is 22.7 Å². The summed E-state index contributed by atoms with van der Waals surface area (Å²) < 4.78 is 14.6. The molecule has 3 nitrogen and oxygen atoms in total. The van der Waals surface area contributed by atoms with Gasteiger partial charge in [-0.2, -0.15) is 0 Å². The van der Waals surface area contributed by atoms with E-state index in [0.29, 0.717) is 18.7 Å². The molecule has 0 spiro atoms. The highest BCUT2D eigenvalue weighted by Crippen LogP contribution is 2.20. The molecule has 0 atom stereocenters. The third kappa shape index (κ3) is 4.94. The number of benzene rings is 1. The first-order valence-corrected chi connectivity index (χ1v) is 7.84. The summed E-state index contributed by atoms with van der Waals surface area (Å²) >= 11 is 3.34.